The van der Waals surface area contributed by atoms with E-state index in [2.05, 4.69) is 32.7 Å². The van der Waals surface area contributed by atoms with Crippen LogP contribution in [0.15, 0.2) is 36.7 Å². The van der Waals surface area contributed by atoms with Crippen LogP contribution in [0.25, 0.3) is 0 Å². The number of urea groups is 1. The van der Waals surface area contributed by atoms with Gasteiger partial charge in [-0.2, -0.15) is 0 Å². The van der Waals surface area contributed by atoms with Crippen molar-refractivity contribution in [3.63, 3.8) is 0 Å². The highest BCUT2D eigenvalue weighted by Gasteiger charge is 2.27. The Labute approximate surface area is 169 Å². The van der Waals surface area contributed by atoms with Crippen molar-refractivity contribution >= 4 is 17.8 Å². The molecule has 0 unspecified atom stereocenters. The molecule has 4 rings (SSSR count). The molecule has 3 amide bonds. The number of carbonyl (C=O) groups excluding carboxylic acids is 2. The number of aliphatic hydroxyl groups is 1. The van der Waals surface area contributed by atoms with Crippen molar-refractivity contribution in [1.29, 1.82) is 0 Å². The average molecular weight is 395 g/mol. The van der Waals surface area contributed by atoms with Crippen LogP contribution in [0.2, 0.25) is 0 Å². The molecule has 0 saturated carbocycles. The maximum absolute atomic E-state index is 12.8. The van der Waals surface area contributed by atoms with E-state index >= 15 is 0 Å². The molecule has 0 spiro atoms. The highest BCUT2D eigenvalue weighted by atomic mass is 16.3. The van der Waals surface area contributed by atoms with Gasteiger partial charge in [-0.25, -0.2) is 14.8 Å². The molecule has 0 bridgehead atoms. The Balaban J connectivity index is 1.39. The van der Waals surface area contributed by atoms with Gasteiger partial charge in [0.1, 0.15) is 0 Å². The Morgan fingerprint density at radius 2 is 1.72 bits per heavy atom. The number of aromatic nitrogens is 2. The van der Waals surface area contributed by atoms with Crippen molar-refractivity contribution in [3.8, 4) is 0 Å². The molecule has 0 radical (unpaired) electrons. The summed E-state index contributed by atoms with van der Waals surface area (Å²) in [5, 5.41) is 15.0. The summed E-state index contributed by atoms with van der Waals surface area (Å²) in [7, 11) is 0. The van der Waals surface area contributed by atoms with E-state index in [1.54, 1.807) is 4.90 Å². The van der Waals surface area contributed by atoms with Gasteiger partial charge in [0, 0.05) is 38.1 Å². The zero-order valence-corrected chi connectivity index (χ0v) is 16.2. The Bertz CT molecular complexity index is 870. The molecule has 2 aromatic rings. The van der Waals surface area contributed by atoms with Gasteiger partial charge in [0.2, 0.25) is 0 Å². The summed E-state index contributed by atoms with van der Waals surface area (Å²) in [6.45, 7) is 1.29. The molecule has 1 aliphatic carbocycles. The number of nitrogens with one attached hydrogen (secondary N) is 2. The van der Waals surface area contributed by atoms with Gasteiger partial charge in [0.05, 0.1) is 0 Å². The lowest BCUT2D eigenvalue weighted by atomic mass is 9.98. The first kappa shape index (κ1) is 19.3. The summed E-state index contributed by atoms with van der Waals surface area (Å²) in [4.78, 5) is 35.4. The number of rotatable bonds is 4. The van der Waals surface area contributed by atoms with Gasteiger partial charge in [-0.15, -0.1) is 0 Å². The van der Waals surface area contributed by atoms with Crippen LogP contribution in [0.1, 0.15) is 34.5 Å². The van der Waals surface area contributed by atoms with E-state index in [1.807, 2.05) is 12.1 Å². The first-order valence-corrected chi connectivity index (χ1v) is 9.99. The highest BCUT2D eigenvalue weighted by molar-refractivity contribution is 6.00. The van der Waals surface area contributed by atoms with Crippen molar-refractivity contribution in [3.05, 3.63) is 53.5 Å². The van der Waals surface area contributed by atoms with E-state index in [4.69, 9.17) is 0 Å². The SMILES string of the molecule is O=C(NC1Cc2ccccc2C1)c1nccnc1NC(=O)N1CCC(CO)CC1. The van der Waals surface area contributed by atoms with Gasteiger partial charge >= 0.3 is 6.03 Å². The quantitative estimate of drug-likeness (QED) is 0.729. The Hall–Kier alpha value is -3.00. The Kier molecular flexibility index (Phi) is 5.71. The smallest absolute Gasteiger partial charge is 0.323 e. The number of nitrogens with zero attached hydrogens (tertiary/aromatic N) is 3. The zero-order valence-electron chi connectivity index (χ0n) is 16.2. The molecule has 152 valence electrons. The second-order valence-corrected chi connectivity index (χ2v) is 7.64. The number of benzene rings is 1. The van der Waals surface area contributed by atoms with Crippen LogP contribution in [0.4, 0.5) is 10.6 Å². The molecule has 2 heterocycles. The lowest BCUT2D eigenvalue weighted by Crippen LogP contribution is -2.42. The topological polar surface area (TPSA) is 107 Å². The number of hydrogen-bond acceptors (Lipinski definition) is 5. The number of hydrogen-bond donors (Lipinski definition) is 3. The molecule has 0 atom stereocenters. The van der Waals surface area contributed by atoms with Crippen LogP contribution in [-0.2, 0) is 12.8 Å². The van der Waals surface area contributed by atoms with Gasteiger partial charge in [-0.3, -0.25) is 10.1 Å². The first-order valence-electron chi connectivity index (χ1n) is 9.99. The predicted octanol–water partition coefficient (Wildman–Crippen LogP) is 1.61. The number of amides is 3. The summed E-state index contributed by atoms with van der Waals surface area (Å²) in [5.41, 5.74) is 2.61. The summed E-state index contributed by atoms with van der Waals surface area (Å²) in [6, 6.07) is 7.86. The highest BCUT2D eigenvalue weighted by Crippen LogP contribution is 2.22. The summed E-state index contributed by atoms with van der Waals surface area (Å²) in [5.74, 6) is 0.0624. The van der Waals surface area contributed by atoms with Gasteiger partial charge in [0.25, 0.3) is 5.91 Å². The Morgan fingerprint density at radius 1 is 1.07 bits per heavy atom. The number of likely N-dealkylation sites (tertiary alicyclic amines) is 1. The van der Waals surface area contributed by atoms with E-state index < -0.39 is 0 Å². The normalized spacial score (nSPS) is 17.1. The molecule has 3 N–H and O–H groups in total. The van der Waals surface area contributed by atoms with Gasteiger partial charge in [-0.1, -0.05) is 24.3 Å². The maximum atomic E-state index is 12.8. The molecule has 1 aromatic carbocycles. The monoisotopic (exact) mass is 395 g/mol. The number of anilines is 1. The molecular formula is C21H25N5O3. The number of fused-ring (bicyclic) bond motifs is 1. The summed E-state index contributed by atoms with van der Waals surface area (Å²) in [6.07, 6.45) is 5.99. The molecule has 1 saturated heterocycles. The lowest BCUT2D eigenvalue weighted by molar-refractivity contribution is 0.0934. The van der Waals surface area contributed by atoms with E-state index in [0.717, 1.165) is 25.7 Å². The van der Waals surface area contributed by atoms with Crippen molar-refractivity contribution < 1.29 is 14.7 Å². The van der Waals surface area contributed by atoms with Gasteiger partial charge < -0.3 is 15.3 Å². The van der Waals surface area contributed by atoms with Crippen LogP contribution in [0, 0.1) is 5.92 Å². The fourth-order valence-electron chi connectivity index (χ4n) is 4.01. The first-order chi connectivity index (χ1) is 14.1. The van der Waals surface area contributed by atoms with Crippen LogP contribution in [-0.4, -0.2) is 57.7 Å². The second kappa shape index (κ2) is 8.57. The van der Waals surface area contributed by atoms with Crippen LogP contribution >= 0.6 is 0 Å². The molecule has 29 heavy (non-hydrogen) atoms. The van der Waals surface area contributed by atoms with Crippen LogP contribution < -0.4 is 10.6 Å². The maximum Gasteiger partial charge on any atom is 0.323 e. The largest absolute Gasteiger partial charge is 0.396 e. The van der Waals surface area contributed by atoms with Crippen LogP contribution in [0.3, 0.4) is 0 Å². The predicted molar refractivity (Wildman–Crippen MR) is 108 cm³/mol. The third-order valence-electron chi connectivity index (χ3n) is 5.68. The molecule has 1 aromatic heterocycles. The lowest BCUT2D eigenvalue weighted by Gasteiger charge is -2.31. The number of aliphatic hydroxyl groups excluding tert-OH is 1. The van der Waals surface area contributed by atoms with E-state index in [0.29, 0.717) is 13.1 Å². The van der Waals surface area contributed by atoms with Crippen molar-refractivity contribution in [1.82, 2.24) is 20.2 Å². The molecule has 8 heteroatoms. The minimum atomic E-state index is -0.342. The molecule has 1 aliphatic heterocycles. The average Bonchev–Trinajstić information content (AvgIpc) is 3.16. The zero-order chi connectivity index (χ0) is 20.2. The fraction of sp³-hybridized carbons (Fsp3) is 0.429. The van der Waals surface area contributed by atoms with Gasteiger partial charge in [0.15, 0.2) is 11.5 Å². The Morgan fingerprint density at radius 3 is 2.38 bits per heavy atom. The van der Waals surface area contributed by atoms with Gasteiger partial charge in [-0.05, 0) is 42.7 Å². The number of carbonyl (C=O) groups is 2. The van der Waals surface area contributed by atoms with E-state index in [9.17, 15) is 14.7 Å². The molecule has 8 nitrogen and oxygen atoms in total. The minimum Gasteiger partial charge on any atom is -0.396 e. The number of piperidine rings is 1. The standard InChI is InChI=1S/C21H25N5O3/c27-13-14-5-9-26(10-6-14)21(29)25-19-18(22-7-8-23-19)20(28)24-17-11-15-3-1-2-4-16(15)12-17/h1-4,7-8,14,17,27H,5-6,9-13H2,(H,24,28)(H,23,25,29). The van der Waals surface area contributed by atoms with Crippen LogP contribution in [0.5, 0.6) is 0 Å². The summed E-state index contributed by atoms with van der Waals surface area (Å²) < 4.78 is 0. The second-order valence-electron chi connectivity index (χ2n) is 7.64. The van der Waals surface area contributed by atoms with Crippen molar-refractivity contribution in [2.45, 2.75) is 31.7 Å². The molecule has 2 aliphatic rings. The van der Waals surface area contributed by atoms with E-state index in [1.165, 1.54) is 23.5 Å². The third kappa shape index (κ3) is 4.37. The molecule has 1 fully saturated rings. The fourth-order valence-corrected chi connectivity index (χ4v) is 4.01. The molecular weight excluding hydrogens is 370 g/mol. The van der Waals surface area contributed by atoms with Crippen molar-refractivity contribution in [2.24, 2.45) is 5.92 Å². The van der Waals surface area contributed by atoms with E-state index in [-0.39, 0.29) is 42.0 Å². The third-order valence-corrected chi connectivity index (χ3v) is 5.68. The summed E-state index contributed by atoms with van der Waals surface area (Å²) >= 11 is 0. The minimum absolute atomic E-state index is 0.00275. The van der Waals surface area contributed by atoms with Crippen molar-refractivity contribution in [2.75, 3.05) is 25.0 Å².